The van der Waals surface area contributed by atoms with E-state index in [1.807, 2.05) is 45.9 Å². The van der Waals surface area contributed by atoms with Crippen LogP contribution in [0.4, 0.5) is 4.39 Å². The van der Waals surface area contributed by atoms with E-state index < -0.39 is 6.04 Å². The van der Waals surface area contributed by atoms with E-state index in [1.54, 1.807) is 12.1 Å². The van der Waals surface area contributed by atoms with E-state index in [0.29, 0.717) is 18.7 Å². The number of aryl methyl sites for hydroxylation is 1. The van der Waals surface area contributed by atoms with Crippen molar-refractivity contribution >= 4 is 11.8 Å². The van der Waals surface area contributed by atoms with Crippen LogP contribution in [0.15, 0.2) is 42.5 Å². The number of nitrogens with one attached hydrogen (secondary N) is 1. The van der Waals surface area contributed by atoms with Crippen LogP contribution in [0.2, 0.25) is 0 Å². The Morgan fingerprint density at radius 3 is 2.41 bits per heavy atom. The lowest BCUT2D eigenvalue weighted by Gasteiger charge is -2.30. The van der Waals surface area contributed by atoms with E-state index in [1.165, 1.54) is 17.0 Å². The normalized spacial score (nSPS) is 11.6. The highest BCUT2D eigenvalue weighted by Crippen LogP contribution is 2.21. The number of ether oxygens (including phenoxy) is 1. The topological polar surface area (TPSA) is 58.6 Å². The molecule has 0 heterocycles. The van der Waals surface area contributed by atoms with Gasteiger partial charge in [-0.05, 0) is 62.1 Å². The second-order valence-electron chi connectivity index (χ2n) is 6.95. The van der Waals surface area contributed by atoms with Gasteiger partial charge >= 0.3 is 0 Å². The van der Waals surface area contributed by atoms with Gasteiger partial charge < -0.3 is 15.0 Å². The first-order valence-electron chi connectivity index (χ1n) is 9.88. The number of carbonyl (C=O) groups is 2. The third-order valence-electron chi connectivity index (χ3n) is 4.91. The monoisotopic (exact) mass is 400 g/mol. The van der Waals surface area contributed by atoms with E-state index in [9.17, 15) is 14.0 Å². The van der Waals surface area contributed by atoms with Crippen molar-refractivity contribution in [3.05, 3.63) is 65.0 Å². The van der Waals surface area contributed by atoms with Crippen molar-refractivity contribution in [3.8, 4) is 5.75 Å². The molecule has 0 aromatic heterocycles. The zero-order chi connectivity index (χ0) is 21.4. The number of halogens is 1. The van der Waals surface area contributed by atoms with Gasteiger partial charge in [0.05, 0.1) is 0 Å². The van der Waals surface area contributed by atoms with E-state index in [0.717, 1.165) is 16.7 Å². The number of hydrogen-bond donors (Lipinski definition) is 1. The summed E-state index contributed by atoms with van der Waals surface area (Å²) >= 11 is 0. The summed E-state index contributed by atoms with van der Waals surface area (Å²) in [6.07, 6.45) is 0.461. The van der Waals surface area contributed by atoms with E-state index in [2.05, 4.69) is 5.32 Å². The van der Waals surface area contributed by atoms with E-state index in [-0.39, 0.29) is 30.8 Å². The summed E-state index contributed by atoms with van der Waals surface area (Å²) in [5.74, 6) is -0.211. The molecule has 2 rings (SSSR count). The minimum absolute atomic E-state index is 0.179. The van der Waals surface area contributed by atoms with Crippen molar-refractivity contribution in [3.63, 3.8) is 0 Å². The Kier molecular flexibility index (Phi) is 8.19. The van der Waals surface area contributed by atoms with Gasteiger partial charge in [0, 0.05) is 13.1 Å². The Morgan fingerprint density at radius 2 is 1.79 bits per heavy atom. The van der Waals surface area contributed by atoms with Crippen molar-refractivity contribution in [2.45, 2.75) is 46.7 Å². The molecule has 0 radical (unpaired) electrons. The van der Waals surface area contributed by atoms with Crippen LogP contribution in [0.1, 0.15) is 37.0 Å². The summed E-state index contributed by atoms with van der Waals surface area (Å²) in [6.45, 7) is 8.11. The Hall–Kier alpha value is -2.89. The lowest BCUT2D eigenvalue weighted by molar-refractivity contribution is -0.142. The summed E-state index contributed by atoms with van der Waals surface area (Å²) in [5.41, 5.74) is 2.79. The molecule has 6 heteroatoms. The van der Waals surface area contributed by atoms with Crippen LogP contribution in [-0.2, 0) is 16.1 Å². The van der Waals surface area contributed by atoms with Gasteiger partial charge in [-0.1, -0.05) is 31.2 Å². The smallest absolute Gasteiger partial charge is 0.261 e. The number of rotatable bonds is 9. The molecule has 156 valence electrons. The van der Waals surface area contributed by atoms with Crippen LogP contribution >= 0.6 is 0 Å². The molecular weight excluding hydrogens is 371 g/mol. The Bertz CT molecular complexity index is 837. The SMILES string of the molecule is CCNC(=O)[C@H](CC)N(Cc1ccc(F)cc1)C(=O)COc1cccc(C)c1C. The first-order valence-corrected chi connectivity index (χ1v) is 9.88. The molecule has 0 aliphatic rings. The fourth-order valence-electron chi connectivity index (χ4n) is 3.10. The van der Waals surface area contributed by atoms with Crippen molar-refractivity contribution in [2.75, 3.05) is 13.2 Å². The van der Waals surface area contributed by atoms with Crippen LogP contribution in [0.3, 0.4) is 0 Å². The van der Waals surface area contributed by atoms with Gasteiger partial charge in [-0.15, -0.1) is 0 Å². The van der Waals surface area contributed by atoms with Crippen LogP contribution in [0.25, 0.3) is 0 Å². The molecule has 0 spiro atoms. The van der Waals surface area contributed by atoms with Crippen molar-refractivity contribution < 1.29 is 18.7 Å². The maximum atomic E-state index is 13.3. The van der Waals surface area contributed by atoms with Crippen molar-refractivity contribution in [1.29, 1.82) is 0 Å². The van der Waals surface area contributed by atoms with Gasteiger partial charge in [0.15, 0.2) is 6.61 Å². The molecule has 29 heavy (non-hydrogen) atoms. The second-order valence-corrected chi connectivity index (χ2v) is 6.95. The Labute approximate surface area is 171 Å². The number of hydrogen-bond acceptors (Lipinski definition) is 3. The van der Waals surface area contributed by atoms with Crippen LogP contribution in [-0.4, -0.2) is 35.9 Å². The molecule has 2 amide bonds. The molecule has 2 aromatic rings. The van der Waals surface area contributed by atoms with Gasteiger partial charge in [-0.3, -0.25) is 9.59 Å². The predicted molar refractivity (Wildman–Crippen MR) is 111 cm³/mol. The largest absolute Gasteiger partial charge is 0.483 e. The highest BCUT2D eigenvalue weighted by molar-refractivity contribution is 5.88. The van der Waals surface area contributed by atoms with Crippen LogP contribution < -0.4 is 10.1 Å². The summed E-state index contributed by atoms with van der Waals surface area (Å²) in [6, 6.07) is 11.0. The third kappa shape index (κ3) is 6.04. The number of amides is 2. The van der Waals surface area contributed by atoms with Crippen molar-refractivity contribution in [1.82, 2.24) is 10.2 Å². The highest BCUT2D eigenvalue weighted by atomic mass is 19.1. The minimum atomic E-state index is -0.630. The molecule has 0 unspecified atom stereocenters. The van der Waals surface area contributed by atoms with Gasteiger partial charge in [0.1, 0.15) is 17.6 Å². The molecule has 0 saturated carbocycles. The first kappa shape index (κ1) is 22.4. The first-order chi connectivity index (χ1) is 13.9. The molecule has 5 nitrogen and oxygen atoms in total. The maximum absolute atomic E-state index is 13.3. The van der Waals surface area contributed by atoms with Gasteiger partial charge in [-0.2, -0.15) is 0 Å². The predicted octanol–water partition coefficient (Wildman–Crippen LogP) is 3.76. The van der Waals surface area contributed by atoms with E-state index >= 15 is 0 Å². The van der Waals surface area contributed by atoms with Gasteiger partial charge in [0.2, 0.25) is 5.91 Å². The molecule has 2 aromatic carbocycles. The number of benzene rings is 2. The molecule has 0 aliphatic carbocycles. The summed E-state index contributed by atoms with van der Waals surface area (Å²) in [7, 11) is 0. The maximum Gasteiger partial charge on any atom is 0.261 e. The fraction of sp³-hybridized carbons (Fsp3) is 0.391. The zero-order valence-corrected chi connectivity index (χ0v) is 17.5. The molecule has 0 saturated heterocycles. The molecule has 0 bridgehead atoms. The summed E-state index contributed by atoms with van der Waals surface area (Å²) in [5, 5.41) is 2.78. The quantitative estimate of drug-likeness (QED) is 0.697. The Morgan fingerprint density at radius 1 is 1.10 bits per heavy atom. The van der Waals surface area contributed by atoms with E-state index in [4.69, 9.17) is 4.74 Å². The molecule has 0 fully saturated rings. The number of nitrogens with zero attached hydrogens (tertiary/aromatic N) is 1. The summed E-state index contributed by atoms with van der Waals surface area (Å²) < 4.78 is 19.0. The summed E-state index contributed by atoms with van der Waals surface area (Å²) in [4.78, 5) is 27.1. The number of likely N-dealkylation sites (N-methyl/N-ethyl adjacent to an activating group) is 1. The number of carbonyl (C=O) groups excluding carboxylic acids is 2. The minimum Gasteiger partial charge on any atom is -0.483 e. The molecule has 1 atom stereocenters. The van der Waals surface area contributed by atoms with Gasteiger partial charge in [0.25, 0.3) is 5.91 Å². The average Bonchev–Trinajstić information content (AvgIpc) is 2.70. The second kappa shape index (κ2) is 10.6. The third-order valence-corrected chi connectivity index (χ3v) is 4.91. The lowest BCUT2D eigenvalue weighted by Crippen LogP contribution is -2.50. The zero-order valence-electron chi connectivity index (χ0n) is 17.5. The molecular formula is C23H29FN2O3. The van der Waals surface area contributed by atoms with Gasteiger partial charge in [-0.25, -0.2) is 4.39 Å². The van der Waals surface area contributed by atoms with Crippen molar-refractivity contribution in [2.24, 2.45) is 0 Å². The standard InChI is InChI=1S/C23H29FN2O3/c1-5-20(23(28)25-6-2)26(14-18-10-12-19(24)13-11-18)22(27)15-29-21-9-7-8-16(3)17(21)4/h7-13,20H,5-6,14-15H2,1-4H3,(H,25,28)/t20-/m0/s1. The molecule has 1 N–H and O–H groups in total. The Balaban J connectivity index is 2.21. The lowest BCUT2D eigenvalue weighted by atomic mass is 10.1. The van der Waals surface area contributed by atoms with Crippen LogP contribution in [0.5, 0.6) is 5.75 Å². The highest BCUT2D eigenvalue weighted by Gasteiger charge is 2.28. The molecule has 0 aliphatic heterocycles. The fourth-order valence-corrected chi connectivity index (χ4v) is 3.10. The van der Waals surface area contributed by atoms with Crippen LogP contribution in [0, 0.1) is 19.7 Å². The average molecular weight is 400 g/mol.